The molecule has 0 unspecified atom stereocenters. The van der Waals surface area contributed by atoms with Crippen molar-refractivity contribution in [2.45, 2.75) is 13.3 Å². The van der Waals surface area contributed by atoms with E-state index in [4.69, 9.17) is 16.3 Å². The number of rotatable bonds is 5. The van der Waals surface area contributed by atoms with Gasteiger partial charge < -0.3 is 10.1 Å². The Labute approximate surface area is 108 Å². The zero-order valence-corrected chi connectivity index (χ0v) is 11.3. The molecule has 0 aliphatic carbocycles. The second kappa shape index (κ2) is 6.76. The first-order chi connectivity index (χ1) is 7.63. The molecule has 0 spiro atoms. The third kappa shape index (κ3) is 4.41. The van der Waals surface area contributed by atoms with Crippen molar-refractivity contribution >= 4 is 33.4 Å². The van der Waals surface area contributed by atoms with Crippen LogP contribution in [0.5, 0.6) is 5.75 Å². The van der Waals surface area contributed by atoms with Crippen LogP contribution in [0.1, 0.15) is 13.3 Å². The van der Waals surface area contributed by atoms with Gasteiger partial charge in [0.05, 0.1) is 5.02 Å². The third-order valence-electron chi connectivity index (χ3n) is 1.82. The van der Waals surface area contributed by atoms with Crippen molar-refractivity contribution in [1.29, 1.82) is 0 Å². The molecule has 16 heavy (non-hydrogen) atoms. The number of nitrogens with one attached hydrogen (secondary N) is 1. The number of carbonyl (C=O) groups is 1. The average molecular weight is 307 g/mol. The van der Waals surface area contributed by atoms with Crippen LogP contribution in [0.3, 0.4) is 0 Å². The topological polar surface area (TPSA) is 38.3 Å². The van der Waals surface area contributed by atoms with E-state index in [0.29, 0.717) is 17.3 Å². The lowest BCUT2D eigenvalue weighted by atomic mass is 10.3. The summed E-state index contributed by atoms with van der Waals surface area (Å²) in [5.41, 5.74) is 0. The minimum atomic E-state index is -0.141. The molecule has 0 aliphatic heterocycles. The normalized spacial score (nSPS) is 9.94. The van der Waals surface area contributed by atoms with Crippen LogP contribution in [0.15, 0.2) is 22.7 Å². The average Bonchev–Trinajstić information content (AvgIpc) is 2.27. The fraction of sp³-hybridized carbons (Fsp3) is 0.364. The van der Waals surface area contributed by atoms with Crippen molar-refractivity contribution in [3.8, 4) is 5.75 Å². The lowest BCUT2D eigenvalue weighted by molar-refractivity contribution is -0.123. The predicted molar refractivity (Wildman–Crippen MR) is 67.9 cm³/mol. The summed E-state index contributed by atoms with van der Waals surface area (Å²) in [4.78, 5) is 11.3. The smallest absolute Gasteiger partial charge is 0.257 e. The summed E-state index contributed by atoms with van der Waals surface area (Å²) >= 11 is 9.21. The van der Waals surface area contributed by atoms with Gasteiger partial charge >= 0.3 is 0 Å². The van der Waals surface area contributed by atoms with Crippen molar-refractivity contribution in [2.75, 3.05) is 13.2 Å². The highest BCUT2D eigenvalue weighted by Gasteiger charge is 2.05. The van der Waals surface area contributed by atoms with Gasteiger partial charge in [-0.3, -0.25) is 4.79 Å². The van der Waals surface area contributed by atoms with E-state index in [9.17, 15) is 4.79 Å². The molecule has 0 aliphatic rings. The summed E-state index contributed by atoms with van der Waals surface area (Å²) in [5.74, 6) is 0.362. The van der Waals surface area contributed by atoms with Crippen molar-refractivity contribution < 1.29 is 9.53 Å². The van der Waals surface area contributed by atoms with E-state index in [2.05, 4.69) is 21.2 Å². The van der Waals surface area contributed by atoms with Crippen molar-refractivity contribution in [1.82, 2.24) is 5.32 Å². The highest BCUT2D eigenvalue weighted by molar-refractivity contribution is 9.10. The van der Waals surface area contributed by atoms with Gasteiger partial charge in [-0.2, -0.15) is 0 Å². The lowest BCUT2D eigenvalue weighted by Gasteiger charge is -2.08. The second-order valence-electron chi connectivity index (χ2n) is 3.21. The molecule has 1 amide bonds. The van der Waals surface area contributed by atoms with Gasteiger partial charge in [0, 0.05) is 11.0 Å². The molecule has 0 atom stereocenters. The van der Waals surface area contributed by atoms with E-state index >= 15 is 0 Å². The van der Waals surface area contributed by atoms with E-state index in [1.54, 1.807) is 12.1 Å². The quantitative estimate of drug-likeness (QED) is 0.908. The van der Waals surface area contributed by atoms with Crippen LogP contribution in [0.25, 0.3) is 0 Å². The fourth-order valence-electron chi connectivity index (χ4n) is 1.05. The highest BCUT2D eigenvalue weighted by atomic mass is 79.9. The van der Waals surface area contributed by atoms with Crippen molar-refractivity contribution in [2.24, 2.45) is 0 Å². The van der Waals surface area contributed by atoms with Crippen LogP contribution in [0.4, 0.5) is 0 Å². The Morgan fingerprint density at radius 3 is 3.00 bits per heavy atom. The maximum atomic E-state index is 11.3. The van der Waals surface area contributed by atoms with E-state index in [1.807, 2.05) is 13.0 Å². The maximum Gasteiger partial charge on any atom is 0.257 e. The van der Waals surface area contributed by atoms with Gasteiger partial charge in [-0.05, 0) is 24.6 Å². The summed E-state index contributed by atoms with van der Waals surface area (Å²) in [6, 6.07) is 5.26. The molecule has 1 rings (SSSR count). The van der Waals surface area contributed by atoms with Crippen LogP contribution in [-0.2, 0) is 4.79 Å². The number of halogens is 2. The predicted octanol–water partition coefficient (Wildman–Crippen LogP) is 3.01. The summed E-state index contributed by atoms with van der Waals surface area (Å²) in [6.07, 6.45) is 0.906. The Kier molecular flexibility index (Phi) is 5.63. The number of amides is 1. The molecule has 3 nitrogen and oxygen atoms in total. The SMILES string of the molecule is CCCNC(=O)COc1cc(Br)ccc1Cl. The molecule has 1 aromatic rings. The molecular formula is C11H13BrClNO2. The molecule has 1 N–H and O–H groups in total. The number of hydrogen-bond acceptors (Lipinski definition) is 2. The zero-order chi connectivity index (χ0) is 12.0. The molecular weight excluding hydrogens is 293 g/mol. The standard InChI is InChI=1S/C11H13BrClNO2/c1-2-5-14-11(15)7-16-10-6-8(12)3-4-9(10)13/h3-4,6H,2,5,7H2,1H3,(H,14,15). The molecule has 88 valence electrons. The minimum Gasteiger partial charge on any atom is -0.482 e. The zero-order valence-electron chi connectivity index (χ0n) is 8.93. The molecule has 5 heteroatoms. The monoisotopic (exact) mass is 305 g/mol. The Balaban J connectivity index is 2.47. The van der Waals surface area contributed by atoms with Crippen LogP contribution < -0.4 is 10.1 Å². The Morgan fingerprint density at radius 1 is 1.56 bits per heavy atom. The van der Waals surface area contributed by atoms with Crippen LogP contribution in [0.2, 0.25) is 5.02 Å². The second-order valence-corrected chi connectivity index (χ2v) is 4.54. The van der Waals surface area contributed by atoms with Gasteiger partial charge in [-0.1, -0.05) is 34.5 Å². The van der Waals surface area contributed by atoms with Gasteiger partial charge in [-0.15, -0.1) is 0 Å². The van der Waals surface area contributed by atoms with Crippen LogP contribution in [0, 0.1) is 0 Å². The molecule has 0 fully saturated rings. The molecule has 0 bridgehead atoms. The lowest BCUT2D eigenvalue weighted by Crippen LogP contribution is -2.29. The van der Waals surface area contributed by atoms with Crippen LogP contribution >= 0.6 is 27.5 Å². The first-order valence-electron chi connectivity index (χ1n) is 4.98. The number of ether oxygens (including phenoxy) is 1. The first-order valence-corrected chi connectivity index (χ1v) is 6.15. The van der Waals surface area contributed by atoms with E-state index < -0.39 is 0 Å². The summed E-state index contributed by atoms with van der Waals surface area (Å²) in [5, 5.41) is 3.21. The van der Waals surface area contributed by atoms with Crippen LogP contribution in [-0.4, -0.2) is 19.1 Å². The summed E-state index contributed by atoms with van der Waals surface area (Å²) < 4.78 is 6.16. The Bertz CT molecular complexity index is 371. The first kappa shape index (κ1) is 13.3. The highest BCUT2D eigenvalue weighted by Crippen LogP contribution is 2.27. The van der Waals surface area contributed by atoms with E-state index in [-0.39, 0.29) is 12.5 Å². The molecule has 0 heterocycles. The van der Waals surface area contributed by atoms with Crippen molar-refractivity contribution in [3.05, 3.63) is 27.7 Å². The molecule has 0 saturated carbocycles. The number of hydrogen-bond donors (Lipinski definition) is 1. The fourth-order valence-corrected chi connectivity index (χ4v) is 1.56. The van der Waals surface area contributed by atoms with E-state index in [1.165, 1.54) is 0 Å². The molecule has 0 aromatic heterocycles. The van der Waals surface area contributed by atoms with Gasteiger partial charge in [0.1, 0.15) is 5.75 Å². The van der Waals surface area contributed by atoms with Gasteiger partial charge in [-0.25, -0.2) is 0 Å². The molecule has 1 aromatic carbocycles. The minimum absolute atomic E-state index is 0.0177. The number of carbonyl (C=O) groups excluding carboxylic acids is 1. The van der Waals surface area contributed by atoms with Gasteiger partial charge in [0.2, 0.25) is 0 Å². The summed E-state index contributed by atoms with van der Waals surface area (Å²) in [6.45, 7) is 2.64. The largest absolute Gasteiger partial charge is 0.482 e. The molecule has 0 radical (unpaired) electrons. The number of benzene rings is 1. The Hall–Kier alpha value is -0.740. The summed E-state index contributed by atoms with van der Waals surface area (Å²) in [7, 11) is 0. The maximum absolute atomic E-state index is 11.3. The van der Waals surface area contributed by atoms with Gasteiger partial charge in [0.25, 0.3) is 5.91 Å². The Morgan fingerprint density at radius 2 is 2.31 bits per heavy atom. The van der Waals surface area contributed by atoms with Gasteiger partial charge in [0.15, 0.2) is 6.61 Å². The van der Waals surface area contributed by atoms with E-state index in [0.717, 1.165) is 10.9 Å². The van der Waals surface area contributed by atoms with Crippen molar-refractivity contribution in [3.63, 3.8) is 0 Å². The third-order valence-corrected chi connectivity index (χ3v) is 2.63. The molecule has 0 saturated heterocycles.